The molecule has 0 aliphatic carbocycles. The van der Waals surface area contributed by atoms with Gasteiger partial charge in [-0.15, -0.1) is 0 Å². The van der Waals surface area contributed by atoms with Gasteiger partial charge in [0.1, 0.15) is 0 Å². The van der Waals surface area contributed by atoms with Gasteiger partial charge in [-0.1, -0.05) is 46.6 Å². The molecule has 0 bridgehead atoms. The summed E-state index contributed by atoms with van der Waals surface area (Å²) >= 11 is 9.15. The van der Waals surface area contributed by atoms with Crippen molar-refractivity contribution in [1.82, 2.24) is 4.90 Å². The van der Waals surface area contributed by atoms with Crippen LogP contribution >= 0.6 is 27.5 Å². The second kappa shape index (κ2) is 6.26. The number of hydrogen-bond donors (Lipinski definition) is 0. The quantitative estimate of drug-likeness (QED) is 0.780. The lowest BCUT2D eigenvalue weighted by molar-refractivity contribution is -0.129. The summed E-state index contributed by atoms with van der Waals surface area (Å²) in [6.07, 6.45) is 0.795. The minimum atomic E-state index is -0.0928. The minimum absolute atomic E-state index is 0.0928. The van der Waals surface area contributed by atoms with E-state index >= 15 is 0 Å². The Bertz CT molecular complexity index is 353. The number of benzene rings is 1. The Morgan fingerprint density at radius 1 is 1.44 bits per heavy atom. The molecular weight excluding hydrogens is 289 g/mol. The van der Waals surface area contributed by atoms with Gasteiger partial charge in [-0.3, -0.25) is 4.79 Å². The summed E-state index contributed by atoms with van der Waals surface area (Å²) in [4.78, 5) is 13.4. The Morgan fingerprint density at radius 3 is 2.50 bits per heavy atom. The van der Waals surface area contributed by atoms with Crippen molar-refractivity contribution in [2.24, 2.45) is 0 Å². The van der Waals surface area contributed by atoms with Gasteiger partial charge in [-0.2, -0.15) is 0 Å². The lowest BCUT2D eigenvalue weighted by Gasteiger charge is -2.19. The number of hydrogen-bond acceptors (Lipinski definition) is 1. The smallest absolute Gasteiger partial charge is 0.236 e. The maximum absolute atomic E-state index is 11.8. The molecule has 0 N–H and O–H groups in total. The highest BCUT2D eigenvalue weighted by Crippen LogP contribution is 2.13. The highest BCUT2D eigenvalue weighted by molar-refractivity contribution is 9.10. The fourth-order valence-corrected chi connectivity index (χ4v) is 1.83. The Balaban J connectivity index is 2.60. The third kappa shape index (κ3) is 3.80. The van der Waals surface area contributed by atoms with Crippen LogP contribution in [0.3, 0.4) is 0 Å². The van der Waals surface area contributed by atoms with Gasteiger partial charge in [0.25, 0.3) is 0 Å². The molecule has 1 amide bonds. The van der Waals surface area contributed by atoms with E-state index < -0.39 is 0 Å². The molecule has 4 heteroatoms. The maximum Gasteiger partial charge on any atom is 0.236 e. The molecule has 1 unspecified atom stereocenters. The maximum atomic E-state index is 11.8. The van der Waals surface area contributed by atoms with Crippen LogP contribution in [0.5, 0.6) is 0 Å². The first-order valence-corrected chi connectivity index (χ1v) is 6.47. The third-order valence-electron chi connectivity index (χ3n) is 2.34. The lowest BCUT2D eigenvalue weighted by Crippen LogP contribution is -2.32. The molecule has 16 heavy (non-hydrogen) atoms. The summed E-state index contributed by atoms with van der Waals surface area (Å²) in [6, 6.07) is 7.53. The van der Waals surface area contributed by atoms with Gasteiger partial charge in [0, 0.05) is 18.6 Å². The Morgan fingerprint density at radius 2 is 2.00 bits per heavy atom. The van der Waals surface area contributed by atoms with E-state index in [1.54, 1.807) is 11.9 Å². The van der Waals surface area contributed by atoms with Crippen molar-refractivity contribution in [3.05, 3.63) is 34.9 Å². The topological polar surface area (TPSA) is 20.3 Å². The van der Waals surface area contributed by atoms with E-state index in [1.807, 2.05) is 31.2 Å². The van der Waals surface area contributed by atoms with Crippen LogP contribution in [-0.4, -0.2) is 22.7 Å². The van der Waals surface area contributed by atoms with Crippen LogP contribution in [0.15, 0.2) is 24.3 Å². The third-order valence-corrected chi connectivity index (χ3v) is 3.63. The number of rotatable bonds is 4. The molecule has 0 aromatic heterocycles. The van der Waals surface area contributed by atoms with E-state index in [2.05, 4.69) is 15.9 Å². The summed E-state index contributed by atoms with van der Waals surface area (Å²) in [5.74, 6) is 0.109. The molecule has 0 aliphatic heterocycles. The zero-order valence-electron chi connectivity index (χ0n) is 9.41. The molecule has 0 heterocycles. The van der Waals surface area contributed by atoms with E-state index in [9.17, 15) is 4.79 Å². The summed E-state index contributed by atoms with van der Waals surface area (Å²) < 4.78 is 0. The largest absolute Gasteiger partial charge is 0.340 e. The average Bonchev–Trinajstić information content (AvgIpc) is 2.30. The van der Waals surface area contributed by atoms with Crippen LogP contribution in [0, 0.1) is 0 Å². The second-order valence-corrected chi connectivity index (χ2v) is 5.24. The van der Waals surface area contributed by atoms with E-state index in [-0.39, 0.29) is 10.7 Å². The van der Waals surface area contributed by atoms with Gasteiger partial charge < -0.3 is 4.90 Å². The van der Waals surface area contributed by atoms with Crippen LogP contribution < -0.4 is 0 Å². The molecule has 0 radical (unpaired) electrons. The molecule has 0 aliphatic rings. The zero-order chi connectivity index (χ0) is 12.1. The summed E-state index contributed by atoms with van der Waals surface area (Å²) in [5.41, 5.74) is 1.08. The van der Waals surface area contributed by atoms with Crippen molar-refractivity contribution in [1.29, 1.82) is 0 Å². The zero-order valence-corrected chi connectivity index (χ0v) is 11.8. The fraction of sp³-hybridized carbons (Fsp3) is 0.417. The predicted octanol–water partition coefficient (Wildman–Crippen LogP) is 3.47. The van der Waals surface area contributed by atoms with Crippen LogP contribution in [-0.2, 0) is 11.3 Å². The molecule has 1 aromatic carbocycles. The standard InChI is InChI=1S/C12H15BrClNO/c1-3-11(13)12(16)15(2)8-9-4-6-10(14)7-5-9/h4-7,11H,3,8H2,1-2H3. The molecule has 88 valence electrons. The predicted molar refractivity (Wildman–Crippen MR) is 70.9 cm³/mol. The Kier molecular flexibility index (Phi) is 5.29. The monoisotopic (exact) mass is 303 g/mol. The molecule has 0 fully saturated rings. The number of nitrogens with zero attached hydrogens (tertiary/aromatic N) is 1. The summed E-state index contributed by atoms with van der Waals surface area (Å²) in [7, 11) is 1.81. The van der Waals surface area contributed by atoms with Gasteiger partial charge in [0.15, 0.2) is 0 Å². The minimum Gasteiger partial charge on any atom is -0.340 e. The molecule has 1 atom stereocenters. The normalized spacial score (nSPS) is 12.2. The van der Waals surface area contributed by atoms with Crippen molar-refractivity contribution in [3.8, 4) is 0 Å². The molecule has 1 rings (SSSR count). The van der Waals surface area contributed by atoms with Crippen molar-refractivity contribution in [2.75, 3.05) is 7.05 Å². The van der Waals surface area contributed by atoms with Gasteiger partial charge in [-0.25, -0.2) is 0 Å². The van der Waals surface area contributed by atoms with Crippen LogP contribution in [0.25, 0.3) is 0 Å². The van der Waals surface area contributed by atoms with E-state index in [4.69, 9.17) is 11.6 Å². The number of amides is 1. The number of alkyl halides is 1. The van der Waals surface area contributed by atoms with Crippen molar-refractivity contribution < 1.29 is 4.79 Å². The summed E-state index contributed by atoms with van der Waals surface area (Å²) in [5, 5.41) is 0.713. The highest BCUT2D eigenvalue weighted by Gasteiger charge is 2.16. The van der Waals surface area contributed by atoms with Gasteiger partial charge in [0.2, 0.25) is 5.91 Å². The van der Waals surface area contributed by atoms with Gasteiger partial charge >= 0.3 is 0 Å². The lowest BCUT2D eigenvalue weighted by atomic mass is 10.2. The first-order chi connectivity index (χ1) is 7.54. The molecule has 2 nitrogen and oxygen atoms in total. The van der Waals surface area contributed by atoms with Crippen molar-refractivity contribution in [3.63, 3.8) is 0 Å². The molecule has 0 saturated heterocycles. The molecular formula is C12H15BrClNO. The Hall–Kier alpha value is -0.540. The first-order valence-electron chi connectivity index (χ1n) is 5.18. The van der Waals surface area contributed by atoms with Gasteiger partial charge in [-0.05, 0) is 24.1 Å². The van der Waals surface area contributed by atoms with E-state index in [0.717, 1.165) is 12.0 Å². The summed E-state index contributed by atoms with van der Waals surface area (Å²) in [6.45, 7) is 2.59. The number of halogens is 2. The van der Waals surface area contributed by atoms with Crippen LogP contribution in [0.1, 0.15) is 18.9 Å². The average molecular weight is 305 g/mol. The Labute approximate surface area is 110 Å². The fourth-order valence-electron chi connectivity index (χ4n) is 1.36. The number of carbonyl (C=O) groups is 1. The molecule has 0 spiro atoms. The van der Waals surface area contributed by atoms with Crippen molar-refractivity contribution in [2.45, 2.75) is 24.7 Å². The SMILES string of the molecule is CCC(Br)C(=O)N(C)Cc1ccc(Cl)cc1. The van der Waals surface area contributed by atoms with E-state index in [1.165, 1.54) is 0 Å². The number of carbonyl (C=O) groups excluding carboxylic acids is 1. The molecule has 0 saturated carbocycles. The molecule has 1 aromatic rings. The van der Waals surface area contributed by atoms with Crippen LogP contribution in [0.4, 0.5) is 0 Å². The van der Waals surface area contributed by atoms with Gasteiger partial charge in [0.05, 0.1) is 4.83 Å². The first kappa shape index (κ1) is 13.5. The van der Waals surface area contributed by atoms with E-state index in [0.29, 0.717) is 11.6 Å². The highest BCUT2D eigenvalue weighted by atomic mass is 79.9. The van der Waals surface area contributed by atoms with Crippen molar-refractivity contribution >= 4 is 33.4 Å². The van der Waals surface area contributed by atoms with Crippen LogP contribution in [0.2, 0.25) is 5.02 Å². The second-order valence-electron chi connectivity index (χ2n) is 3.70.